The Kier molecular flexibility index (Phi) is 6.57. The molecule has 2 heterocycles. The van der Waals surface area contributed by atoms with E-state index in [0.29, 0.717) is 6.04 Å². The minimum Gasteiger partial charge on any atom is -0.369 e. The van der Waals surface area contributed by atoms with E-state index in [1.54, 1.807) is 6.92 Å². The van der Waals surface area contributed by atoms with E-state index in [4.69, 9.17) is 11.6 Å². The van der Waals surface area contributed by atoms with Gasteiger partial charge in [0.05, 0.1) is 0 Å². The maximum absolute atomic E-state index is 11.1. The Morgan fingerprint density at radius 3 is 2.64 bits per heavy atom. The number of nitrogens with zero attached hydrogens (tertiary/aromatic N) is 3. The van der Waals surface area contributed by atoms with Crippen molar-refractivity contribution in [1.29, 1.82) is 0 Å². The zero-order valence-corrected chi connectivity index (χ0v) is 15.8. The Labute approximate surface area is 155 Å². The number of carbonyl (C=O) groups excluding carboxylic acids is 1. The lowest BCUT2D eigenvalue weighted by Crippen LogP contribution is -2.47. The largest absolute Gasteiger partial charge is 0.369 e. The maximum Gasteiger partial charge on any atom is 0.217 e. The summed E-state index contributed by atoms with van der Waals surface area (Å²) in [6.45, 7) is 10.3. The van der Waals surface area contributed by atoms with Crippen LogP contribution < -0.4 is 10.2 Å². The van der Waals surface area contributed by atoms with Crippen LogP contribution in [0.15, 0.2) is 24.3 Å². The number of nitrogens with one attached hydrogen (secondary N) is 1. The molecule has 2 aliphatic heterocycles. The highest BCUT2D eigenvalue weighted by atomic mass is 35.5. The van der Waals surface area contributed by atoms with Gasteiger partial charge in [0.25, 0.3) is 0 Å². The summed E-state index contributed by atoms with van der Waals surface area (Å²) in [5.74, 6) is 0.0874. The van der Waals surface area contributed by atoms with Gasteiger partial charge in [-0.3, -0.25) is 9.69 Å². The van der Waals surface area contributed by atoms with Gasteiger partial charge >= 0.3 is 0 Å². The molecule has 5 nitrogen and oxygen atoms in total. The molecule has 1 N–H and O–H groups in total. The molecule has 1 aromatic carbocycles. The van der Waals surface area contributed by atoms with Gasteiger partial charge in [0.2, 0.25) is 5.91 Å². The second kappa shape index (κ2) is 8.88. The van der Waals surface area contributed by atoms with E-state index in [0.717, 1.165) is 63.8 Å². The van der Waals surface area contributed by atoms with E-state index in [1.807, 2.05) is 12.1 Å². The van der Waals surface area contributed by atoms with E-state index >= 15 is 0 Å². The Bertz CT molecular complexity index is 574. The van der Waals surface area contributed by atoms with Crippen LogP contribution >= 0.6 is 11.6 Å². The predicted molar refractivity (Wildman–Crippen MR) is 103 cm³/mol. The van der Waals surface area contributed by atoms with Crippen molar-refractivity contribution in [3.63, 3.8) is 0 Å². The Morgan fingerprint density at radius 2 is 1.92 bits per heavy atom. The molecule has 2 fully saturated rings. The standard InChI is InChI=1S/C19H29ClN4O/c1-16(25)21-18-6-9-23(15-18)8-3-7-22-10-12-24(13-11-22)19-5-2-4-17(20)14-19/h2,4-5,14,18H,3,6-13,15H2,1H3,(H,21,25). The summed E-state index contributed by atoms with van der Waals surface area (Å²) in [5.41, 5.74) is 1.23. The first kappa shape index (κ1) is 18.5. The number of halogens is 1. The number of benzene rings is 1. The zero-order valence-electron chi connectivity index (χ0n) is 15.1. The Morgan fingerprint density at radius 1 is 1.16 bits per heavy atom. The SMILES string of the molecule is CC(=O)NC1CCN(CCCN2CCN(c3cccc(Cl)c3)CC2)C1. The molecule has 1 aromatic rings. The number of hydrogen-bond donors (Lipinski definition) is 1. The minimum absolute atomic E-state index is 0.0874. The lowest BCUT2D eigenvalue weighted by molar-refractivity contribution is -0.119. The maximum atomic E-state index is 11.1. The van der Waals surface area contributed by atoms with Crippen LogP contribution in [0, 0.1) is 0 Å². The summed E-state index contributed by atoms with van der Waals surface area (Å²) in [4.78, 5) is 18.6. The molecule has 1 unspecified atom stereocenters. The molecule has 0 spiro atoms. The Balaban J connectivity index is 1.33. The van der Waals surface area contributed by atoms with Gasteiger partial charge in [-0.05, 0) is 44.1 Å². The van der Waals surface area contributed by atoms with Crippen LogP contribution in [0.5, 0.6) is 0 Å². The minimum atomic E-state index is 0.0874. The van der Waals surface area contributed by atoms with Crippen molar-refractivity contribution in [1.82, 2.24) is 15.1 Å². The third kappa shape index (κ3) is 5.59. The molecular formula is C19H29ClN4O. The highest BCUT2D eigenvalue weighted by molar-refractivity contribution is 6.30. The van der Waals surface area contributed by atoms with Crippen LogP contribution in [0.4, 0.5) is 5.69 Å². The van der Waals surface area contributed by atoms with Gasteiger partial charge in [-0.2, -0.15) is 0 Å². The smallest absolute Gasteiger partial charge is 0.217 e. The third-order valence-electron chi connectivity index (χ3n) is 5.17. The number of anilines is 1. The van der Waals surface area contributed by atoms with Crippen LogP contribution in [0.3, 0.4) is 0 Å². The zero-order chi connectivity index (χ0) is 17.6. The molecule has 138 valence electrons. The van der Waals surface area contributed by atoms with E-state index in [9.17, 15) is 4.79 Å². The van der Waals surface area contributed by atoms with Crippen LogP contribution in [0.2, 0.25) is 5.02 Å². The lowest BCUT2D eigenvalue weighted by atomic mass is 10.2. The molecule has 0 aromatic heterocycles. The summed E-state index contributed by atoms with van der Waals surface area (Å²) in [7, 11) is 0. The average Bonchev–Trinajstić information content (AvgIpc) is 3.02. The van der Waals surface area contributed by atoms with Crippen molar-refractivity contribution < 1.29 is 4.79 Å². The predicted octanol–water partition coefficient (Wildman–Crippen LogP) is 2.06. The molecule has 2 saturated heterocycles. The monoisotopic (exact) mass is 364 g/mol. The summed E-state index contributed by atoms with van der Waals surface area (Å²) >= 11 is 6.10. The number of amides is 1. The third-order valence-corrected chi connectivity index (χ3v) is 5.41. The van der Waals surface area contributed by atoms with E-state index < -0.39 is 0 Å². The van der Waals surface area contributed by atoms with Gasteiger partial charge in [-0.25, -0.2) is 0 Å². The van der Waals surface area contributed by atoms with E-state index in [-0.39, 0.29) is 5.91 Å². The van der Waals surface area contributed by atoms with Gasteiger partial charge in [-0.1, -0.05) is 17.7 Å². The fourth-order valence-electron chi connectivity index (χ4n) is 3.86. The summed E-state index contributed by atoms with van der Waals surface area (Å²) in [6.07, 6.45) is 2.28. The van der Waals surface area contributed by atoms with Crippen molar-refractivity contribution in [2.24, 2.45) is 0 Å². The molecule has 0 saturated carbocycles. The van der Waals surface area contributed by atoms with Crippen molar-refractivity contribution in [3.05, 3.63) is 29.3 Å². The number of likely N-dealkylation sites (tertiary alicyclic amines) is 1. The molecule has 0 radical (unpaired) electrons. The van der Waals surface area contributed by atoms with Gasteiger partial charge < -0.3 is 15.1 Å². The highest BCUT2D eigenvalue weighted by Gasteiger charge is 2.23. The fraction of sp³-hybridized carbons (Fsp3) is 0.632. The molecule has 0 bridgehead atoms. The number of rotatable bonds is 6. The molecule has 6 heteroatoms. The normalized spacial score (nSPS) is 22.3. The lowest BCUT2D eigenvalue weighted by Gasteiger charge is -2.36. The van der Waals surface area contributed by atoms with E-state index in [1.165, 1.54) is 12.1 Å². The first-order chi connectivity index (χ1) is 12.1. The first-order valence-electron chi connectivity index (χ1n) is 9.32. The Hall–Kier alpha value is -1.30. The molecule has 2 aliphatic rings. The molecule has 0 aliphatic carbocycles. The van der Waals surface area contributed by atoms with Gasteiger partial charge in [0.1, 0.15) is 0 Å². The second-order valence-electron chi connectivity index (χ2n) is 7.15. The molecular weight excluding hydrogens is 336 g/mol. The molecule has 1 atom stereocenters. The molecule has 3 rings (SSSR count). The van der Waals surface area contributed by atoms with Crippen LogP contribution in [-0.4, -0.2) is 74.1 Å². The second-order valence-corrected chi connectivity index (χ2v) is 7.59. The molecule has 25 heavy (non-hydrogen) atoms. The summed E-state index contributed by atoms with van der Waals surface area (Å²) in [6, 6.07) is 8.49. The van der Waals surface area contributed by atoms with Gasteiger partial charge in [-0.15, -0.1) is 0 Å². The van der Waals surface area contributed by atoms with Crippen LogP contribution in [0.25, 0.3) is 0 Å². The quantitative estimate of drug-likeness (QED) is 0.838. The summed E-state index contributed by atoms with van der Waals surface area (Å²) < 4.78 is 0. The van der Waals surface area contributed by atoms with Crippen molar-refractivity contribution in [3.8, 4) is 0 Å². The van der Waals surface area contributed by atoms with Crippen molar-refractivity contribution in [2.45, 2.75) is 25.8 Å². The van der Waals surface area contributed by atoms with Crippen LogP contribution in [0.1, 0.15) is 19.8 Å². The number of piperazine rings is 1. The molecule has 1 amide bonds. The summed E-state index contributed by atoms with van der Waals surface area (Å²) in [5, 5.41) is 3.84. The van der Waals surface area contributed by atoms with Gasteiger partial charge in [0, 0.05) is 62.9 Å². The van der Waals surface area contributed by atoms with E-state index in [2.05, 4.69) is 32.1 Å². The highest BCUT2D eigenvalue weighted by Crippen LogP contribution is 2.20. The number of carbonyl (C=O) groups is 1. The first-order valence-corrected chi connectivity index (χ1v) is 9.70. The average molecular weight is 365 g/mol. The van der Waals surface area contributed by atoms with Gasteiger partial charge in [0.15, 0.2) is 0 Å². The number of hydrogen-bond acceptors (Lipinski definition) is 4. The topological polar surface area (TPSA) is 38.8 Å². The van der Waals surface area contributed by atoms with Crippen molar-refractivity contribution in [2.75, 3.05) is 57.3 Å². The van der Waals surface area contributed by atoms with Crippen molar-refractivity contribution >= 4 is 23.2 Å². The fourth-order valence-corrected chi connectivity index (χ4v) is 4.05. The van der Waals surface area contributed by atoms with Crippen LogP contribution in [-0.2, 0) is 4.79 Å².